The second-order valence-electron chi connectivity index (χ2n) is 4.53. The summed E-state index contributed by atoms with van der Waals surface area (Å²) in [6, 6.07) is 11.3. The minimum absolute atomic E-state index is 0.194. The first-order chi connectivity index (χ1) is 9.63. The summed E-state index contributed by atoms with van der Waals surface area (Å²) in [4.78, 5) is 4.39. The molecule has 20 heavy (non-hydrogen) atoms. The van der Waals surface area contributed by atoms with Crippen LogP contribution in [0.15, 0.2) is 47.8 Å². The maximum Gasteiger partial charge on any atom is 0.132 e. The van der Waals surface area contributed by atoms with Gasteiger partial charge in [0.15, 0.2) is 0 Å². The molecule has 2 aromatic carbocycles. The predicted octanol–water partition coefficient (Wildman–Crippen LogP) is 5.06. The molecule has 0 aliphatic carbocycles. The van der Waals surface area contributed by atoms with Crippen molar-refractivity contribution in [3.8, 4) is 21.8 Å². The molecule has 0 fully saturated rings. The van der Waals surface area contributed by atoms with E-state index in [9.17, 15) is 8.78 Å². The lowest BCUT2D eigenvalue weighted by Gasteiger charge is -2.00. The number of benzene rings is 2. The van der Waals surface area contributed by atoms with E-state index < -0.39 is 11.6 Å². The van der Waals surface area contributed by atoms with Crippen molar-refractivity contribution in [3.05, 3.63) is 65.0 Å². The number of hydrogen-bond acceptors (Lipinski definition) is 2. The zero-order chi connectivity index (χ0) is 14.1. The second-order valence-corrected chi connectivity index (χ2v) is 5.39. The maximum absolute atomic E-state index is 13.7. The molecule has 1 nitrogen and oxygen atoms in total. The van der Waals surface area contributed by atoms with E-state index in [1.54, 1.807) is 5.38 Å². The molecule has 0 bridgehead atoms. The first-order valence-corrected chi connectivity index (χ1v) is 6.99. The highest BCUT2D eigenvalue weighted by Crippen LogP contribution is 2.30. The highest BCUT2D eigenvalue weighted by atomic mass is 32.1. The number of thiazole rings is 1. The Balaban J connectivity index is 2.01. The minimum Gasteiger partial charge on any atom is -0.236 e. The van der Waals surface area contributed by atoms with E-state index >= 15 is 0 Å². The zero-order valence-electron chi connectivity index (χ0n) is 10.7. The topological polar surface area (TPSA) is 12.9 Å². The highest BCUT2D eigenvalue weighted by Gasteiger charge is 2.11. The van der Waals surface area contributed by atoms with Gasteiger partial charge >= 0.3 is 0 Å². The Morgan fingerprint density at radius 2 is 1.75 bits per heavy atom. The second kappa shape index (κ2) is 5.13. The number of rotatable bonds is 2. The minimum atomic E-state index is -0.466. The molecule has 0 atom stereocenters. The fraction of sp³-hybridized carbons (Fsp3) is 0.0625. The molecule has 0 unspecified atom stereocenters. The van der Waals surface area contributed by atoms with Crippen molar-refractivity contribution >= 4 is 11.3 Å². The molecular formula is C16H11F2NS. The van der Waals surface area contributed by atoms with E-state index in [2.05, 4.69) is 4.98 Å². The molecule has 100 valence electrons. The largest absolute Gasteiger partial charge is 0.236 e. The highest BCUT2D eigenvalue weighted by molar-refractivity contribution is 7.13. The zero-order valence-corrected chi connectivity index (χ0v) is 11.5. The van der Waals surface area contributed by atoms with E-state index in [4.69, 9.17) is 0 Å². The molecule has 1 heterocycles. The first kappa shape index (κ1) is 12.9. The van der Waals surface area contributed by atoms with Crippen molar-refractivity contribution in [2.24, 2.45) is 0 Å². The van der Waals surface area contributed by atoms with Crippen LogP contribution in [0.1, 0.15) is 5.56 Å². The van der Waals surface area contributed by atoms with Crippen molar-refractivity contribution in [2.75, 3.05) is 0 Å². The summed E-state index contributed by atoms with van der Waals surface area (Å²) in [5.41, 5.74) is 2.80. The Morgan fingerprint density at radius 1 is 1.00 bits per heavy atom. The Hall–Kier alpha value is -2.07. The number of aryl methyl sites for hydroxylation is 1. The van der Waals surface area contributed by atoms with Gasteiger partial charge in [0.05, 0.1) is 5.69 Å². The van der Waals surface area contributed by atoms with E-state index in [0.717, 1.165) is 22.7 Å². The molecule has 0 radical (unpaired) electrons. The molecule has 3 aromatic rings. The monoisotopic (exact) mass is 287 g/mol. The lowest BCUT2D eigenvalue weighted by Crippen LogP contribution is -1.87. The molecule has 0 spiro atoms. The van der Waals surface area contributed by atoms with Gasteiger partial charge in [-0.25, -0.2) is 13.8 Å². The van der Waals surface area contributed by atoms with E-state index in [0.29, 0.717) is 5.69 Å². The number of halogens is 2. The average Bonchev–Trinajstić information content (AvgIpc) is 2.92. The van der Waals surface area contributed by atoms with Gasteiger partial charge < -0.3 is 0 Å². The van der Waals surface area contributed by atoms with Crippen LogP contribution in [-0.2, 0) is 0 Å². The summed E-state index contributed by atoms with van der Waals surface area (Å²) in [5, 5.41) is 2.54. The van der Waals surface area contributed by atoms with Crippen LogP contribution in [0.2, 0.25) is 0 Å². The van der Waals surface area contributed by atoms with E-state index in [-0.39, 0.29) is 5.56 Å². The first-order valence-electron chi connectivity index (χ1n) is 6.11. The van der Waals surface area contributed by atoms with Crippen LogP contribution >= 0.6 is 11.3 Å². The third-order valence-corrected chi connectivity index (χ3v) is 3.90. The standard InChI is InChI=1S/C16H11F2NS/c1-10-2-4-11(5-3-10)16-19-15(9-20-16)13-8-12(17)6-7-14(13)18/h2-9H,1H3. The van der Waals surface area contributed by atoms with Crippen molar-refractivity contribution in [3.63, 3.8) is 0 Å². The van der Waals surface area contributed by atoms with Gasteiger partial charge in [0.25, 0.3) is 0 Å². The van der Waals surface area contributed by atoms with Gasteiger partial charge in [0, 0.05) is 16.5 Å². The lowest BCUT2D eigenvalue weighted by molar-refractivity contribution is 0.603. The van der Waals surface area contributed by atoms with Crippen LogP contribution < -0.4 is 0 Å². The van der Waals surface area contributed by atoms with Crippen LogP contribution in [0.25, 0.3) is 21.8 Å². The SMILES string of the molecule is Cc1ccc(-c2nc(-c3cc(F)ccc3F)cs2)cc1. The molecule has 0 saturated heterocycles. The lowest BCUT2D eigenvalue weighted by atomic mass is 10.1. The predicted molar refractivity (Wildman–Crippen MR) is 77.6 cm³/mol. The van der Waals surface area contributed by atoms with Gasteiger partial charge in [0.1, 0.15) is 16.6 Å². The Kier molecular flexibility index (Phi) is 3.32. The molecule has 0 saturated carbocycles. The van der Waals surface area contributed by atoms with Gasteiger partial charge in [-0.15, -0.1) is 11.3 Å². The van der Waals surface area contributed by atoms with Crippen LogP contribution in [0.4, 0.5) is 8.78 Å². The molecule has 3 rings (SSSR count). The van der Waals surface area contributed by atoms with Gasteiger partial charge in [0.2, 0.25) is 0 Å². The summed E-state index contributed by atoms with van der Waals surface area (Å²) >= 11 is 1.42. The summed E-state index contributed by atoms with van der Waals surface area (Å²) in [5.74, 6) is -0.932. The maximum atomic E-state index is 13.7. The molecule has 0 aliphatic rings. The molecule has 0 amide bonds. The third kappa shape index (κ3) is 2.47. The number of hydrogen-bond donors (Lipinski definition) is 0. The normalized spacial score (nSPS) is 10.8. The molecule has 0 aliphatic heterocycles. The smallest absolute Gasteiger partial charge is 0.132 e. The molecule has 4 heteroatoms. The van der Waals surface area contributed by atoms with Gasteiger partial charge in [-0.2, -0.15) is 0 Å². The Morgan fingerprint density at radius 3 is 2.50 bits per heavy atom. The van der Waals surface area contributed by atoms with Crippen LogP contribution in [0, 0.1) is 18.6 Å². The number of nitrogens with zero attached hydrogens (tertiary/aromatic N) is 1. The van der Waals surface area contributed by atoms with Crippen LogP contribution in [0.3, 0.4) is 0 Å². The van der Waals surface area contributed by atoms with Crippen molar-refractivity contribution in [2.45, 2.75) is 6.92 Å². The fourth-order valence-electron chi connectivity index (χ4n) is 1.92. The third-order valence-electron chi connectivity index (χ3n) is 3.01. The Labute approximate surface area is 119 Å². The van der Waals surface area contributed by atoms with Gasteiger partial charge in [-0.3, -0.25) is 0 Å². The summed E-state index contributed by atoms with van der Waals surface area (Å²) < 4.78 is 26.9. The summed E-state index contributed by atoms with van der Waals surface area (Å²) in [7, 11) is 0. The van der Waals surface area contributed by atoms with E-state index in [1.165, 1.54) is 23.0 Å². The van der Waals surface area contributed by atoms with E-state index in [1.807, 2.05) is 31.2 Å². The summed E-state index contributed by atoms with van der Waals surface area (Å²) in [6.07, 6.45) is 0. The summed E-state index contributed by atoms with van der Waals surface area (Å²) in [6.45, 7) is 2.01. The molecular weight excluding hydrogens is 276 g/mol. The molecule has 1 aromatic heterocycles. The molecule has 0 N–H and O–H groups in total. The van der Waals surface area contributed by atoms with Crippen molar-refractivity contribution in [1.29, 1.82) is 0 Å². The van der Waals surface area contributed by atoms with Gasteiger partial charge in [-0.1, -0.05) is 29.8 Å². The fourth-order valence-corrected chi connectivity index (χ4v) is 2.75. The van der Waals surface area contributed by atoms with Gasteiger partial charge in [-0.05, 0) is 25.1 Å². The van der Waals surface area contributed by atoms with Crippen LogP contribution in [0.5, 0.6) is 0 Å². The average molecular weight is 287 g/mol. The number of aromatic nitrogens is 1. The quantitative estimate of drug-likeness (QED) is 0.641. The van der Waals surface area contributed by atoms with Crippen LogP contribution in [-0.4, -0.2) is 4.98 Å². The Bertz CT molecular complexity index is 747. The van der Waals surface area contributed by atoms with Crippen molar-refractivity contribution in [1.82, 2.24) is 4.98 Å². The van der Waals surface area contributed by atoms with Crippen molar-refractivity contribution < 1.29 is 8.78 Å².